The fourth-order valence-electron chi connectivity index (χ4n) is 3.04. The quantitative estimate of drug-likeness (QED) is 0.771. The molecule has 0 aliphatic carbocycles. The topological polar surface area (TPSA) is 52.5 Å². The summed E-state index contributed by atoms with van der Waals surface area (Å²) in [5.74, 6) is 2.17. The van der Waals surface area contributed by atoms with Gasteiger partial charge in [-0.1, -0.05) is 0 Å². The van der Waals surface area contributed by atoms with E-state index in [1.54, 1.807) is 6.21 Å². The summed E-state index contributed by atoms with van der Waals surface area (Å²) < 4.78 is 22.0. The van der Waals surface area contributed by atoms with Gasteiger partial charge in [0.2, 0.25) is 6.79 Å². The van der Waals surface area contributed by atoms with Gasteiger partial charge in [0.15, 0.2) is 11.5 Å². The second kappa shape index (κ2) is 7.66. The first-order valence-electron chi connectivity index (χ1n) is 8.87. The van der Waals surface area contributed by atoms with Gasteiger partial charge in [-0.05, 0) is 37.3 Å². The van der Waals surface area contributed by atoms with Gasteiger partial charge < -0.3 is 23.8 Å². The zero-order chi connectivity index (χ0) is 17.8. The van der Waals surface area contributed by atoms with Gasteiger partial charge in [0.05, 0.1) is 25.5 Å². The third kappa shape index (κ3) is 3.60. The molecule has 0 atom stereocenters. The Kier molecular flexibility index (Phi) is 4.93. The highest BCUT2D eigenvalue weighted by Gasteiger charge is 2.17. The molecule has 0 spiro atoms. The third-order valence-electron chi connectivity index (χ3n) is 4.38. The van der Waals surface area contributed by atoms with Gasteiger partial charge in [0, 0.05) is 36.6 Å². The number of morpholine rings is 1. The van der Waals surface area contributed by atoms with Crippen LogP contribution in [0.15, 0.2) is 41.4 Å². The van der Waals surface area contributed by atoms with Crippen molar-refractivity contribution >= 4 is 17.6 Å². The number of fused-ring (bicyclic) bond motifs is 1. The summed E-state index contributed by atoms with van der Waals surface area (Å²) in [5, 5.41) is 0. The summed E-state index contributed by atoms with van der Waals surface area (Å²) in [6, 6.07) is 12.0. The van der Waals surface area contributed by atoms with Gasteiger partial charge in [-0.2, -0.15) is 0 Å². The molecule has 2 aliphatic heterocycles. The van der Waals surface area contributed by atoms with Gasteiger partial charge >= 0.3 is 0 Å². The Morgan fingerprint density at radius 2 is 1.81 bits per heavy atom. The SMILES string of the molecule is CCOc1cc2c(cc1C=Nc1ccc(N3CCOCC3)cc1)OCO2. The van der Waals surface area contributed by atoms with Crippen LogP contribution >= 0.6 is 0 Å². The Hall–Kier alpha value is -2.73. The number of rotatable bonds is 5. The van der Waals surface area contributed by atoms with Crippen molar-refractivity contribution in [2.45, 2.75) is 6.92 Å². The molecule has 0 saturated carbocycles. The standard InChI is InChI=1S/C20H22N2O4/c1-2-24-18-12-20-19(25-14-26-20)11-15(18)13-21-16-3-5-17(6-4-16)22-7-9-23-10-8-22/h3-6,11-13H,2,7-10,14H2,1H3. The Labute approximate surface area is 153 Å². The number of hydrogen-bond donors (Lipinski definition) is 0. The van der Waals surface area contributed by atoms with Gasteiger partial charge in [-0.15, -0.1) is 0 Å². The highest BCUT2D eigenvalue weighted by atomic mass is 16.7. The summed E-state index contributed by atoms with van der Waals surface area (Å²) in [4.78, 5) is 6.91. The maximum atomic E-state index is 5.70. The maximum absolute atomic E-state index is 5.70. The van der Waals surface area contributed by atoms with Crippen LogP contribution in [0.1, 0.15) is 12.5 Å². The number of anilines is 1. The second-order valence-corrected chi connectivity index (χ2v) is 6.05. The first kappa shape index (κ1) is 16.7. The fourth-order valence-corrected chi connectivity index (χ4v) is 3.04. The van der Waals surface area contributed by atoms with Crippen molar-refractivity contribution in [3.05, 3.63) is 42.0 Å². The molecule has 0 N–H and O–H groups in total. The van der Waals surface area contributed by atoms with Gasteiger partial charge in [-0.25, -0.2) is 0 Å². The Morgan fingerprint density at radius 1 is 1.08 bits per heavy atom. The lowest BCUT2D eigenvalue weighted by atomic mass is 10.2. The first-order chi connectivity index (χ1) is 12.8. The van der Waals surface area contributed by atoms with E-state index < -0.39 is 0 Å². The predicted octanol–water partition coefficient (Wildman–Crippen LogP) is 3.40. The summed E-state index contributed by atoms with van der Waals surface area (Å²) in [6.45, 7) is 6.19. The molecule has 1 saturated heterocycles. The van der Waals surface area contributed by atoms with Crippen molar-refractivity contribution in [1.82, 2.24) is 0 Å². The summed E-state index contributed by atoms with van der Waals surface area (Å²) in [6.07, 6.45) is 1.80. The maximum Gasteiger partial charge on any atom is 0.231 e. The lowest BCUT2D eigenvalue weighted by molar-refractivity contribution is 0.122. The molecule has 2 aliphatic rings. The molecule has 1 fully saturated rings. The average molecular weight is 354 g/mol. The molecule has 6 nitrogen and oxygen atoms in total. The van der Waals surface area contributed by atoms with Crippen LogP contribution < -0.4 is 19.1 Å². The molecule has 0 radical (unpaired) electrons. The van der Waals surface area contributed by atoms with Crippen molar-refractivity contribution in [1.29, 1.82) is 0 Å². The molecule has 0 unspecified atom stereocenters. The molecular weight excluding hydrogens is 332 g/mol. The summed E-state index contributed by atoms with van der Waals surface area (Å²) in [5.41, 5.74) is 2.96. The number of aliphatic imine (C=N–C) groups is 1. The third-order valence-corrected chi connectivity index (χ3v) is 4.38. The monoisotopic (exact) mass is 354 g/mol. The first-order valence-corrected chi connectivity index (χ1v) is 8.87. The zero-order valence-electron chi connectivity index (χ0n) is 14.8. The second-order valence-electron chi connectivity index (χ2n) is 6.05. The largest absolute Gasteiger partial charge is 0.493 e. The summed E-state index contributed by atoms with van der Waals surface area (Å²) >= 11 is 0. The normalized spacial score (nSPS) is 16.3. The molecule has 2 heterocycles. The minimum Gasteiger partial charge on any atom is -0.493 e. The fraction of sp³-hybridized carbons (Fsp3) is 0.350. The van der Waals surface area contributed by atoms with Crippen LogP contribution in [0.5, 0.6) is 17.2 Å². The molecular formula is C20H22N2O4. The van der Waals surface area contributed by atoms with E-state index in [2.05, 4.69) is 22.0 Å². The van der Waals surface area contributed by atoms with E-state index in [9.17, 15) is 0 Å². The van der Waals surface area contributed by atoms with Crippen LogP contribution in [0.4, 0.5) is 11.4 Å². The van der Waals surface area contributed by atoms with E-state index in [1.165, 1.54) is 5.69 Å². The number of ether oxygens (including phenoxy) is 4. The lowest BCUT2D eigenvalue weighted by Gasteiger charge is -2.28. The molecule has 136 valence electrons. The van der Waals surface area contributed by atoms with Crippen LogP contribution in [0, 0.1) is 0 Å². The molecule has 0 aromatic heterocycles. The van der Waals surface area contributed by atoms with Crippen molar-refractivity contribution in [3.63, 3.8) is 0 Å². The van der Waals surface area contributed by atoms with E-state index in [1.807, 2.05) is 31.2 Å². The van der Waals surface area contributed by atoms with Crippen LogP contribution in [-0.4, -0.2) is 45.9 Å². The van der Waals surface area contributed by atoms with Gasteiger partial charge in [-0.3, -0.25) is 4.99 Å². The Bertz CT molecular complexity index is 783. The number of nitrogens with zero attached hydrogens (tertiary/aromatic N) is 2. The average Bonchev–Trinajstić information content (AvgIpc) is 3.15. The van der Waals surface area contributed by atoms with Crippen LogP contribution in [0.25, 0.3) is 0 Å². The van der Waals surface area contributed by atoms with Crippen LogP contribution in [0.2, 0.25) is 0 Å². The van der Waals surface area contributed by atoms with Crippen molar-refractivity contribution in [2.75, 3.05) is 44.6 Å². The Morgan fingerprint density at radius 3 is 2.54 bits per heavy atom. The number of benzene rings is 2. The van der Waals surface area contributed by atoms with E-state index in [0.717, 1.165) is 49.1 Å². The molecule has 2 aromatic rings. The van der Waals surface area contributed by atoms with Crippen molar-refractivity contribution in [3.8, 4) is 17.2 Å². The van der Waals surface area contributed by atoms with Gasteiger partial charge in [0.1, 0.15) is 5.75 Å². The summed E-state index contributed by atoms with van der Waals surface area (Å²) in [7, 11) is 0. The van der Waals surface area contributed by atoms with E-state index >= 15 is 0 Å². The minimum atomic E-state index is 0.241. The smallest absolute Gasteiger partial charge is 0.231 e. The van der Waals surface area contributed by atoms with Gasteiger partial charge in [0.25, 0.3) is 0 Å². The van der Waals surface area contributed by atoms with E-state index in [0.29, 0.717) is 12.4 Å². The molecule has 2 aromatic carbocycles. The lowest BCUT2D eigenvalue weighted by Crippen LogP contribution is -2.36. The minimum absolute atomic E-state index is 0.241. The Balaban J connectivity index is 1.52. The molecule has 4 rings (SSSR count). The molecule has 26 heavy (non-hydrogen) atoms. The van der Waals surface area contributed by atoms with E-state index in [-0.39, 0.29) is 6.79 Å². The zero-order valence-corrected chi connectivity index (χ0v) is 14.8. The highest BCUT2D eigenvalue weighted by Crippen LogP contribution is 2.37. The van der Waals surface area contributed by atoms with Crippen LogP contribution in [0.3, 0.4) is 0 Å². The highest BCUT2D eigenvalue weighted by molar-refractivity contribution is 5.87. The van der Waals surface area contributed by atoms with Crippen molar-refractivity contribution in [2.24, 2.45) is 4.99 Å². The molecule has 0 bridgehead atoms. The predicted molar refractivity (Wildman–Crippen MR) is 100 cm³/mol. The number of hydrogen-bond acceptors (Lipinski definition) is 6. The van der Waals surface area contributed by atoms with Crippen molar-refractivity contribution < 1.29 is 18.9 Å². The van der Waals surface area contributed by atoms with Crippen LogP contribution in [-0.2, 0) is 4.74 Å². The molecule has 6 heteroatoms. The van der Waals surface area contributed by atoms with E-state index in [4.69, 9.17) is 18.9 Å². The molecule has 0 amide bonds.